The van der Waals surface area contributed by atoms with Crippen molar-refractivity contribution in [3.8, 4) is 0 Å². The fourth-order valence-electron chi connectivity index (χ4n) is 2.57. The molecule has 0 heterocycles. The summed E-state index contributed by atoms with van der Waals surface area (Å²) in [5, 5.41) is 0. The molecule has 0 radical (unpaired) electrons. The van der Waals surface area contributed by atoms with Crippen LogP contribution in [0.3, 0.4) is 0 Å². The highest BCUT2D eigenvalue weighted by Gasteiger charge is 2.16. The molecule has 2 rings (SSSR count). The minimum absolute atomic E-state index is 0. The Hall–Kier alpha value is -2.04. The highest BCUT2D eigenvalue weighted by atomic mass is 35.5. The van der Waals surface area contributed by atoms with Gasteiger partial charge < -0.3 is 15.5 Å². The summed E-state index contributed by atoms with van der Waals surface area (Å²) in [6.07, 6.45) is 0. The van der Waals surface area contributed by atoms with Crippen molar-refractivity contribution in [2.24, 2.45) is 5.73 Å². The van der Waals surface area contributed by atoms with E-state index in [1.807, 2.05) is 37.3 Å². The molecule has 0 aliphatic rings. The fourth-order valence-corrected chi connectivity index (χ4v) is 2.57. The number of likely N-dealkylation sites (N-methyl/N-ethyl adjacent to an activating group) is 1. The maximum Gasteiger partial charge on any atom is 0.253 e. The molecule has 4 nitrogen and oxygen atoms in total. The monoisotopic (exact) mass is 361 g/mol. The molecular formula is C20H28ClN3O. The summed E-state index contributed by atoms with van der Waals surface area (Å²) in [6, 6.07) is 18.2. The molecule has 1 atom stereocenters. The average Bonchev–Trinajstić information content (AvgIpc) is 2.65. The van der Waals surface area contributed by atoms with Crippen molar-refractivity contribution in [3.05, 3.63) is 65.7 Å². The van der Waals surface area contributed by atoms with Crippen LogP contribution in [0.15, 0.2) is 54.6 Å². The van der Waals surface area contributed by atoms with Gasteiger partial charge >= 0.3 is 0 Å². The van der Waals surface area contributed by atoms with Gasteiger partial charge in [-0.15, -0.1) is 12.4 Å². The first kappa shape index (κ1) is 21.0. The minimum Gasteiger partial charge on any atom is -0.367 e. The zero-order valence-electron chi connectivity index (χ0n) is 15.2. The van der Waals surface area contributed by atoms with Crippen LogP contribution < -0.4 is 10.6 Å². The van der Waals surface area contributed by atoms with Crippen molar-refractivity contribution in [2.45, 2.75) is 26.4 Å². The van der Waals surface area contributed by atoms with E-state index in [1.165, 1.54) is 5.56 Å². The molecule has 0 bridgehead atoms. The van der Waals surface area contributed by atoms with Crippen molar-refractivity contribution >= 4 is 24.0 Å². The van der Waals surface area contributed by atoms with Crippen LogP contribution in [0.5, 0.6) is 0 Å². The highest BCUT2D eigenvalue weighted by molar-refractivity contribution is 5.94. The summed E-state index contributed by atoms with van der Waals surface area (Å²) in [4.78, 5) is 16.4. The lowest BCUT2D eigenvalue weighted by Crippen LogP contribution is -2.39. The molecule has 2 N–H and O–H groups in total. The van der Waals surface area contributed by atoms with Crippen molar-refractivity contribution in [1.82, 2.24) is 4.90 Å². The lowest BCUT2D eigenvalue weighted by molar-refractivity contribution is 0.0748. The van der Waals surface area contributed by atoms with Gasteiger partial charge in [-0.05, 0) is 43.7 Å². The summed E-state index contributed by atoms with van der Waals surface area (Å²) in [7, 11) is 1.79. The van der Waals surface area contributed by atoms with Crippen LogP contribution in [-0.4, -0.2) is 37.0 Å². The number of halogens is 1. The average molecular weight is 362 g/mol. The van der Waals surface area contributed by atoms with Gasteiger partial charge in [0.2, 0.25) is 0 Å². The molecule has 0 aliphatic carbocycles. The zero-order chi connectivity index (χ0) is 17.5. The van der Waals surface area contributed by atoms with Gasteiger partial charge in [-0.2, -0.15) is 0 Å². The topological polar surface area (TPSA) is 49.6 Å². The van der Waals surface area contributed by atoms with Crippen LogP contribution in [-0.2, 0) is 6.54 Å². The van der Waals surface area contributed by atoms with E-state index < -0.39 is 0 Å². The maximum atomic E-state index is 12.4. The van der Waals surface area contributed by atoms with Gasteiger partial charge in [-0.25, -0.2) is 0 Å². The smallest absolute Gasteiger partial charge is 0.253 e. The number of rotatable bonds is 7. The van der Waals surface area contributed by atoms with E-state index in [0.29, 0.717) is 12.1 Å². The second-order valence-electron chi connectivity index (χ2n) is 6.05. The Bertz CT molecular complexity index is 646. The molecular weight excluding hydrogens is 334 g/mol. The quantitative estimate of drug-likeness (QED) is 0.820. The minimum atomic E-state index is 0. The third-order valence-electron chi connectivity index (χ3n) is 4.40. The predicted molar refractivity (Wildman–Crippen MR) is 107 cm³/mol. The Morgan fingerprint density at radius 3 is 2.20 bits per heavy atom. The second-order valence-corrected chi connectivity index (χ2v) is 6.05. The van der Waals surface area contributed by atoms with Crippen LogP contribution in [0, 0.1) is 0 Å². The van der Waals surface area contributed by atoms with E-state index in [9.17, 15) is 4.79 Å². The molecule has 0 spiro atoms. The number of nitrogens with zero attached hydrogens (tertiary/aromatic N) is 2. The molecule has 2 aromatic rings. The van der Waals surface area contributed by atoms with Crippen molar-refractivity contribution < 1.29 is 4.79 Å². The Morgan fingerprint density at radius 1 is 1.08 bits per heavy atom. The Morgan fingerprint density at radius 2 is 1.68 bits per heavy atom. The summed E-state index contributed by atoms with van der Waals surface area (Å²) in [6.45, 7) is 6.31. The van der Waals surface area contributed by atoms with Crippen molar-refractivity contribution in [2.75, 3.05) is 25.0 Å². The SMILES string of the molecule is CCN(Cc1ccccc1)c1ccc(C(=O)N(C)C(C)CN)cc1.Cl. The van der Waals surface area contributed by atoms with Crippen LogP contribution in [0.1, 0.15) is 29.8 Å². The van der Waals surface area contributed by atoms with Crippen LogP contribution in [0.25, 0.3) is 0 Å². The number of carbonyl (C=O) groups excluding carboxylic acids is 1. The molecule has 0 aliphatic heterocycles. The third kappa shape index (κ3) is 5.48. The number of anilines is 1. The normalized spacial score (nSPS) is 11.4. The second kappa shape index (κ2) is 10.1. The van der Waals surface area contributed by atoms with E-state index in [-0.39, 0.29) is 24.4 Å². The summed E-state index contributed by atoms with van der Waals surface area (Å²) < 4.78 is 0. The van der Waals surface area contributed by atoms with Gasteiger partial charge in [0.05, 0.1) is 0 Å². The van der Waals surface area contributed by atoms with Gasteiger partial charge in [0.1, 0.15) is 0 Å². The molecule has 136 valence electrons. The molecule has 5 heteroatoms. The first-order valence-electron chi connectivity index (χ1n) is 8.43. The van der Waals surface area contributed by atoms with Crippen molar-refractivity contribution in [1.29, 1.82) is 0 Å². The van der Waals surface area contributed by atoms with Crippen LogP contribution in [0.4, 0.5) is 5.69 Å². The first-order chi connectivity index (χ1) is 11.6. The zero-order valence-corrected chi connectivity index (χ0v) is 16.0. The lowest BCUT2D eigenvalue weighted by Gasteiger charge is -2.25. The number of hydrogen-bond acceptors (Lipinski definition) is 3. The molecule has 0 aromatic heterocycles. The van der Waals surface area contributed by atoms with E-state index in [1.54, 1.807) is 11.9 Å². The largest absolute Gasteiger partial charge is 0.367 e. The van der Waals surface area contributed by atoms with Gasteiger partial charge in [0.25, 0.3) is 5.91 Å². The van der Waals surface area contributed by atoms with E-state index in [2.05, 4.69) is 36.1 Å². The predicted octanol–water partition coefficient (Wildman–Crippen LogP) is 3.55. The van der Waals surface area contributed by atoms with Gasteiger partial charge in [-0.1, -0.05) is 30.3 Å². The maximum absolute atomic E-state index is 12.4. The van der Waals surface area contributed by atoms with E-state index >= 15 is 0 Å². The van der Waals surface area contributed by atoms with Crippen LogP contribution >= 0.6 is 12.4 Å². The highest BCUT2D eigenvalue weighted by Crippen LogP contribution is 2.19. The lowest BCUT2D eigenvalue weighted by atomic mass is 10.1. The molecule has 2 aromatic carbocycles. The standard InChI is InChI=1S/C20H27N3O.ClH/c1-4-23(15-17-8-6-5-7-9-17)19-12-10-18(11-13-19)20(24)22(3)16(2)14-21;/h5-13,16H,4,14-15,21H2,1-3H3;1H. The van der Waals surface area contributed by atoms with Gasteiger partial charge in [0.15, 0.2) is 0 Å². The first-order valence-corrected chi connectivity index (χ1v) is 8.43. The summed E-state index contributed by atoms with van der Waals surface area (Å²) >= 11 is 0. The number of benzene rings is 2. The summed E-state index contributed by atoms with van der Waals surface area (Å²) in [5.41, 5.74) is 8.73. The molecule has 1 amide bonds. The Balaban J connectivity index is 0.00000312. The molecule has 0 saturated heterocycles. The summed E-state index contributed by atoms with van der Waals surface area (Å²) in [5.74, 6) is 0.00519. The number of nitrogens with two attached hydrogens (primary N) is 1. The third-order valence-corrected chi connectivity index (χ3v) is 4.40. The van der Waals surface area contributed by atoms with E-state index in [0.717, 1.165) is 18.8 Å². The number of amides is 1. The molecule has 0 saturated carbocycles. The van der Waals surface area contributed by atoms with Crippen molar-refractivity contribution in [3.63, 3.8) is 0 Å². The number of carbonyl (C=O) groups is 1. The van der Waals surface area contributed by atoms with Gasteiger partial charge in [0, 0.05) is 44.0 Å². The Kier molecular flexibility index (Phi) is 8.46. The van der Waals surface area contributed by atoms with E-state index in [4.69, 9.17) is 5.73 Å². The fraction of sp³-hybridized carbons (Fsp3) is 0.350. The van der Waals surface area contributed by atoms with Crippen LogP contribution in [0.2, 0.25) is 0 Å². The number of hydrogen-bond donors (Lipinski definition) is 1. The Labute approximate surface area is 157 Å². The molecule has 0 fully saturated rings. The molecule has 1 unspecified atom stereocenters. The van der Waals surface area contributed by atoms with Gasteiger partial charge in [-0.3, -0.25) is 4.79 Å². The molecule has 25 heavy (non-hydrogen) atoms.